The number of benzene rings is 2. The summed E-state index contributed by atoms with van der Waals surface area (Å²) in [5.74, 6) is 1.90. The zero-order valence-corrected chi connectivity index (χ0v) is 18.1. The summed E-state index contributed by atoms with van der Waals surface area (Å²) < 4.78 is 18.9. The molecule has 3 aliphatic heterocycles. The smallest absolute Gasteiger partial charge is 0.123 e. The molecule has 6 rings (SSSR count). The third-order valence-electron chi connectivity index (χ3n) is 7.33. The lowest BCUT2D eigenvalue weighted by Crippen LogP contribution is -2.55. The standard InChI is InChI=1S/C26H29FN2O2/c1-3-16-15-29-11-10-18(16)12-25(29)26(30)22-14-24(17-4-6-19(27)7-5-17)28-23-9-8-20(31-2)13-21(22)23/h4-9,13-14,16,18,25-26,30H,3,10-12,15H2,1-2H3/t16-,18+,25+,26-/m0/s1. The number of hydrogen-bond acceptors (Lipinski definition) is 4. The number of hydrogen-bond donors (Lipinski definition) is 1. The molecule has 1 N–H and O–H groups in total. The number of pyridine rings is 1. The van der Waals surface area contributed by atoms with Gasteiger partial charge >= 0.3 is 0 Å². The molecule has 4 nitrogen and oxygen atoms in total. The molecule has 31 heavy (non-hydrogen) atoms. The van der Waals surface area contributed by atoms with Gasteiger partial charge in [-0.3, -0.25) is 4.90 Å². The Labute approximate surface area is 182 Å². The van der Waals surface area contributed by atoms with E-state index in [-0.39, 0.29) is 11.9 Å². The topological polar surface area (TPSA) is 45.6 Å². The molecule has 162 valence electrons. The Bertz CT molecular complexity index is 1080. The van der Waals surface area contributed by atoms with Gasteiger partial charge in [-0.1, -0.05) is 13.3 Å². The fourth-order valence-corrected chi connectivity index (χ4v) is 5.55. The van der Waals surface area contributed by atoms with Crippen molar-refractivity contribution >= 4 is 10.9 Å². The van der Waals surface area contributed by atoms with Crippen LogP contribution in [0.15, 0.2) is 48.5 Å². The van der Waals surface area contributed by atoms with Crippen LogP contribution in [0.4, 0.5) is 4.39 Å². The third kappa shape index (κ3) is 3.70. The van der Waals surface area contributed by atoms with Crippen molar-refractivity contribution in [3.63, 3.8) is 0 Å². The lowest BCUT2D eigenvalue weighted by atomic mass is 9.72. The number of methoxy groups -OCH3 is 1. The van der Waals surface area contributed by atoms with Gasteiger partial charge in [0.15, 0.2) is 0 Å². The maximum absolute atomic E-state index is 13.5. The second kappa shape index (κ2) is 8.21. The number of ether oxygens (including phenoxy) is 1. The summed E-state index contributed by atoms with van der Waals surface area (Å²) in [6, 6.07) is 14.2. The summed E-state index contributed by atoms with van der Waals surface area (Å²) in [5, 5.41) is 12.5. The van der Waals surface area contributed by atoms with Gasteiger partial charge in [-0.25, -0.2) is 9.37 Å². The number of rotatable bonds is 5. The maximum atomic E-state index is 13.5. The van der Waals surface area contributed by atoms with Gasteiger partial charge in [0.25, 0.3) is 0 Å². The van der Waals surface area contributed by atoms with Gasteiger partial charge in [0.05, 0.1) is 24.4 Å². The zero-order chi connectivity index (χ0) is 21.5. The highest BCUT2D eigenvalue weighted by Gasteiger charge is 2.42. The van der Waals surface area contributed by atoms with Crippen molar-refractivity contribution in [2.24, 2.45) is 11.8 Å². The first-order valence-electron chi connectivity index (χ1n) is 11.2. The summed E-state index contributed by atoms with van der Waals surface area (Å²) in [7, 11) is 1.65. The minimum atomic E-state index is -0.614. The number of piperidine rings is 3. The number of aliphatic hydroxyl groups is 1. The van der Waals surface area contributed by atoms with E-state index in [4.69, 9.17) is 9.72 Å². The molecule has 3 aromatic rings. The van der Waals surface area contributed by atoms with Crippen LogP contribution >= 0.6 is 0 Å². The van der Waals surface area contributed by atoms with E-state index < -0.39 is 6.10 Å². The zero-order valence-electron chi connectivity index (χ0n) is 18.1. The first kappa shape index (κ1) is 20.4. The van der Waals surface area contributed by atoms with Crippen LogP contribution in [0.25, 0.3) is 22.2 Å². The van der Waals surface area contributed by atoms with Gasteiger partial charge in [-0.2, -0.15) is 0 Å². The first-order valence-corrected chi connectivity index (χ1v) is 11.2. The fraction of sp³-hybridized carbons (Fsp3) is 0.423. The monoisotopic (exact) mass is 420 g/mol. The molecule has 0 aliphatic carbocycles. The van der Waals surface area contributed by atoms with Crippen LogP contribution in [0.3, 0.4) is 0 Å². The van der Waals surface area contributed by atoms with Crippen LogP contribution in [-0.2, 0) is 0 Å². The summed E-state index contributed by atoms with van der Waals surface area (Å²) in [5.41, 5.74) is 3.26. The molecule has 3 fully saturated rings. The number of aliphatic hydroxyl groups excluding tert-OH is 1. The predicted octanol–water partition coefficient (Wildman–Crippen LogP) is 5.20. The minimum absolute atomic E-state index is 0.111. The van der Waals surface area contributed by atoms with E-state index in [2.05, 4.69) is 11.8 Å². The van der Waals surface area contributed by atoms with E-state index in [1.807, 2.05) is 24.3 Å². The largest absolute Gasteiger partial charge is 0.497 e. The first-order chi connectivity index (χ1) is 15.1. The van der Waals surface area contributed by atoms with Crippen molar-refractivity contribution in [1.82, 2.24) is 9.88 Å². The van der Waals surface area contributed by atoms with E-state index in [1.165, 1.54) is 25.0 Å². The van der Waals surface area contributed by atoms with Crippen molar-refractivity contribution in [3.8, 4) is 17.0 Å². The molecule has 3 aliphatic rings. The molecule has 0 spiro atoms. The van der Waals surface area contributed by atoms with Crippen molar-refractivity contribution in [2.75, 3.05) is 20.2 Å². The molecular weight excluding hydrogens is 391 g/mol. The molecule has 5 heteroatoms. The van der Waals surface area contributed by atoms with Gasteiger partial charge in [-0.05, 0) is 85.3 Å². The predicted molar refractivity (Wildman–Crippen MR) is 121 cm³/mol. The Balaban J connectivity index is 1.59. The van der Waals surface area contributed by atoms with Gasteiger partial charge in [0.1, 0.15) is 11.6 Å². The molecule has 5 atom stereocenters. The van der Waals surface area contributed by atoms with Crippen molar-refractivity contribution in [2.45, 2.75) is 38.3 Å². The summed E-state index contributed by atoms with van der Waals surface area (Å²) >= 11 is 0. The second-order valence-corrected chi connectivity index (χ2v) is 8.95. The number of halogens is 1. The van der Waals surface area contributed by atoms with E-state index in [0.29, 0.717) is 5.92 Å². The number of aromatic nitrogens is 1. The van der Waals surface area contributed by atoms with E-state index in [1.54, 1.807) is 19.2 Å². The Morgan fingerprint density at radius 3 is 2.68 bits per heavy atom. The molecule has 4 heterocycles. The quantitative estimate of drug-likeness (QED) is 0.616. The van der Waals surface area contributed by atoms with Crippen molar-refractivity contribution in [3.05, 3.63) is 59.9 Å². The fourth-order valence-electron chi connectivity index (χ4n) is 5.55. The highest BCUT2D eigenvalue weighted by Crippen LogP contribution is 2.43. The molecule has 0 saturated carbocycles. The van der Waals surface area contributed by atoms with Crippen LogP contribution < -0.4 is 4.74 Å². The highest BCUT2D eigenvalue weighted by atomic mass is 19.1. The average molecular weight is 421 g/mol. The van der Waals surface area contributed by atoms with Crippen LogP contribution in [0.1, 0.15) is 37.9 Å². The normalized spacial score (nSPS) is 26.2. The molecule has 1 aromatic heterocycles. The second-order valence-electron chi connectivity index (χ2n) is 8.95. The number of nitrogens with zero attached hydrogens (tertiary/aromatic N) is 2. The summed E-state index contributed by atoms with van der Waals surface area (Å²) in [6.45, 7) is 4.40. The highest BCUT2D eigenvalue weighted by molar-refractivity contribution is 5.87. The molecule has 2 aromatic carbocycles. The van der Waals surface area contributed by atoms with Gasteiger partial charge in [0.2, 0.25) is 0 Å². The molecule has 3 saturated heterocycles. The SMILES string of the molecule is CC[C@H]1CN2CC[C@@H]1C[C@@H]2[C@@H](O)c1cc(-c2ccc(F)cc2)nc2ccc(OC)cc12. The molecule has 1 unspecified atom stereocenters. The Morgan fingerprint density at radius 1 is 1.19 bits per heavy atom. The van der Waals surface area contributed by atoms with E-state index >= 15 is 0 Å². The third-order valence-corrected chi connectivity index (χ3v) is 7.33. The molecule has 0 radical (unpaired) electrons. The van der Waals surface area contributed by atoms with E-state index in [0.717, 1.165) is 58.9 Å². The minimum Gasteiger partial charge on any atom is -0.497 e. The molecular formula is C26H29FN2O2. The number of fused-ring (bicyclic) bond motifs is 4. The Kier molecular flexibility index (Phi) is 5.40. The van der Waals surface area contributed by atoms with Crippen molar-refractivity contribution in [1.29, 1.82) is 0 Å². The lowest BCUT2D eigenvalue weighted by Gasteiger charge is -2.51. The van der Waals surface area contributed by atoms with Gasteiger partial charge in [-0.15, -0.1) is 0 Å². The van der Waals surface area contributed by atoms with Crippen LogP contribution in [-0.4, -0.2) is 41.2 Å². The Hall–Kier alpha value is -2.50. The maximum Gasteiger partial charge on any atom is 0.123 e. The molecule has 2 bridgehead atoms. The van der Waals surface area contributed by atoms with Crippen LogP contribution in [0, 0.1) is 17.7 Å². The average Bonchev–Trinajstić information content (AvgIpc) is 2.83. The van der Waals surface area contributed by atoms with Crippen LogP contribution in [0.2, 0.25) is 0 Å². The van der Waals surface area contributed by atoms with E-state index in [9.17, 15) is 9.50 Å². The molecule has 0 amide bonds. The summed E-state index contributed by atoms with van der Waals surface area (Å²) in [6.07, 6.45) is 2.85. The summed E-state index contributed by atoms with van der Waals surface area (Å²) in [4.78, 5) is 7.28. The van der Waals surface area contributed by atoms with Crippen molar-refractivity contribution < 1.29 is 14.2 Å². The van der Waals surface area contributed by atoms with Gasteiger partial charge in [0, 0.05) is 23.5 Å². The lowest BCUT2D eigenvalue weighted by molar-refractivity contribution is -0.0562. The Morgan fingerprint density at radius 2 is 2.00 bits per heavy atom. The van der Waals surface area contributed by atoms with Gasteiger partial charge < -0.3 is 9.84 Å². The van der Waals surface area contributed by atoms with Crippen LogP contribution in [0.5, 0.6) is 5.75 Å².